The second-order valence-corrected chi connectivity index (χ2v) is 4.44. The highest BCUT2D eigenvalue weighted by atomic mass is 16.5. The predicted octanol–water partition coefficient (Wildman–Crippen LogP) is 2.95. The highest BCUT2D eigenvalue weighted by molar-refractivity contribution is 5.50. The van der Waals surface area contributed by atoms with E-state index in [1.807, 2.05) is 26.0 Å². The largest absolute Gasteiger partial charge is 0.490 e. The average molecular weight is 252 g/mol. The Morgan fingerprint density at radius 2 is 2.06 bits per heavy atom. The van der Waals surface area contributed by atoms with Gasteiger partial charge in [0.2, 0.25) is 0 Å². The molecule has 4 nitrogen and oxygen atoms in total. The molecule has 0 aliphatic rings. The van der Waals surface area contributed by atoms with Crippen molar-refractivity contribution in [3.8, 4) is 5.75 Å². The van der Waals surface area contributed by atoms with Crippen LogP contribution in [0.3, 0.4) is 0 Å². The molecule has 1 aromatic heterocycles. The Hall–Kier alpha value is -1.29. The van der Waals surface area contributed by atoms with Crippen molar-refractivity contribution < 1.29 is 9.47 Å². The predicted molar refractivity (Wildman–Crippen MR) is 74.1 cm³/mol. The molecule has 0 saturated carbocycles. The van der Waals surface area contributed by atoms with Crippen molar-refractivity contribution in [2.45, 2.75) is 33.7 Å². The van der Waals surface area contributed by atoms with Gasteiger partial charge in [0.15, 0.2) is 11.6 Å². The van der Waals surface area contributed by atoms with E-state index in [1.54, 1.807) is 6.20 Å². The summed E-state index contributed by atoms with van der Waals surface area (Å²) in [5.41, 5.74) is 0. The third-order valence-electron chi connectivity index (χ3n) is 2.70. The molecule has 1 N–H and O–H groups in total. The molecule has 0 aromatic carbocycles. The fourth-order valence-electron chi connectivity index (χ4n) is 1.59. The lowest BCUT2D eigenvalue weighted by Gasteiger charge is -2.23. The molecule has 0 aliphatic heterocycles. The quantitative estimate of drug-likeness (QED) is 0.772. The van der Waals surface area contributed by atoms with Crippen molar-refractivity contribution in [2.24, 2.45) is 5.92 Å². The van der Waals surface area contributed by atoms with E-state index in [0.29, 0.717) is 19.1 Å². The van der Waals surface area contributed by atoms with Gasteiger partial charge in [-0.05, 0) is 31.9 Å². The summed E-state index contributed by atoms with van der Waals surface area (Å²) >= 11 is 0. The molecule has 0 radical (unpaired) electrons. The Morgan fingerprint density at radius 1 is 1.28 bits per heavy atom. The van der Waals surface area contributed by atoms with Gasteiger partial charge in [-0.25, -0.2) is 4.98 Å². The first-order valence-corrected chi connectivity index (χ1v) is 6.61. The molecule has 0 bridgehead atoms. The van der Waals surface area contributed by atoms with Crippen LogP contribution in [0.1, 0.15) is 27.7 Å². The average Bonchev–Trinajstić information content (AvgIpc) is 2.36. The van der Waals surface area contributed by atoms with Crippen LogP contribution in [0.25, 0.3) is 0 Å². The van der Waals surface area contributed by atoms with Gasteiger partial charge in [-0.1, -0.05) is 13.8 Å². The van der Waals surface area contributed by atoms with E-state index in [1.165, 1.54) is 0 Å². The molecule has 0 amide bonds. The van der Waals surface area contributed by atoms with Gasteiger partial charge >= 0.3 is 0 Å². The first-order valence-electron chi connectivity index (χ1n) is 6.61. The Bertz CT molecular complexity index is 342. The minimum Gasteiger partial charge on any atom is -0.490 e. The van der Waals surface area contributed by atoms with Gasteiger partial charge in [-0.15, -0.1) is 0 Å². The molecule has 102 valence electrons. The van der Waals surface area contributed by atoms with Crippen molar-refractivity contribution in [3.05, 3.63) is 18.3 Å². The number of hydrogen-bond donors (Lipinski definition) is 1. The van der Waals surface area contributed by atoms with Gasteiger partial charge in [0, 0.05) is 12.8 Å². The smallest absolute Gasteiger partial charge is 0.169 e. The standard InChI is InChI=1S/C14H24N2O2/c1-5-17-10-12(11(3)4)16-14-13(18-6-2)8-7-9-15-14/h7-9,11-12H,5-6,10H2,1-4H3,(H,15,16). The number of rotatable bonds is 8. The summed E-state index contributed by atoms with van der Waals surface area (Å²) in [6, 6.07) is 4.04. The molecule has 0 saturated heterocycles. The molecule has 0 aliphatic carbocycles. The highest BCUT2D eigenvalue weighted by Crippen LogP contribution is 2.23. The summed E-state index contributed by atoms with van der Waals surface area (Å²) in [6.07, 6.45) is 1.77. The molecule has 0 spiro atoms. The zero-order chi connectivity index (χ0) is 13.4. The van der Waals surface area contributed by atoms with Crippen molar-refractivity contribution in [2.75, 3.05) is 25.1 Å². The molecular weight excluding hydrogens is 228 g/mol. The molecule has 4 heteroatoms. The highest BCUT2D eigenvalue weighted by Gasteiger charge is 2.16. The van der Waals surface area contributed by atoms with Crippen LogP contribution in [-0.4, -0.2) is 30.8 Å². The lowest BCUT2D eigenvalue weighted by molar-refractivity contribution is 0.126. The number of anilines is 1. The monoisotopic (exact) mass is 252 g/mol. The minimum absolute atomic E-state index is 0.235. The van der Waals surface area contributed by atoms with E-state index in [-0.39, 0.29) is 6.04 Å². The Balaban J connectivity index is 2.73. The second kappa shape index (κ2) is 7.93. The molecule has 1 rings (SSSR count). The van der Waals surface area contributed by atoms with Crippen LogP contribution in [0, 0.1) is 5.92 Å². The molecule has 1 atom stereocenters. The maximum atomic E-state index is 5.56. The molecule has 18 heavy (non-hydrogen) atoms. The number of nitrogens with zero attached hydrogens (tertiary/aromatic N) is 1. The number of ether oxygens (including phenoxy) is 2. The van der Waals surface area contributed by atoms with Crippen molar-refractivity contribution in [1.29, 1.82) is 0 Å². The Labute approximate surface area is 110 Å². The fourth-order valence-corrected chi connectivity index (χ4v) is 1.59. The van der Waals surface area contributed by atoms with Crippen molar-refractivity contribution in [3.63, 3.8) is 0 Å². The van der Waals surface area contributed by atoms with Crippen LogP contribution in [-0.2, 0) is 4.74 Å². The maximum Gasteiger partial charge on any atom is 0.169 e. The first kappa shape index (κ1) is 14.8. The fraction of sp³-hybridized carbons (Fsp3) is 0.643. The summed E-state index contributed by atoms with van der Waals surface area (Å²) in [6.45, 7) is 10.3. The van der Waals surface area contributed by atoms with Crippen LogP contribution < -0.4 is 10.1 Å². The van der Waals surface area contributed by atoms with E-state index >= 15 is 0 Å². The van der Waals surface area contributed by atoms with Crippen LogP contribution in [0.4, 0.5) is 5.82 Å². The number of nitrogens with one attached hydrogen (secondary N) is 1. The molecule has 1 unspecified atom stereocenters. The SMILES string of the molecule is CCOCC(Nc1ncccc1OCC)C(C)C. The Kier molecular flexibility index (Phi) is 6.50. The summed E-state index contributed by atoms with van der Waals surface area (Å²) < 4.78 is 11.1. The van der Waals surface area contributed by atoms with Gasteiger partial charge in [0.05, 0.1) is 19.3 Å². The number of hydrogen-bond acceptors (Lipinski definition) is 4. The lowest BCUT2D eigenvalue weighted by Crippen LogP contribution is -2.31. The van der Waals surface area contributed by atoms with Crippen LogP contribution >= 0.6 is 0 Å². The van der Waals surface area contributed by atoms with E-state index in [9.17, 15) is 0 Å². The third-order valence-corrected chi connectivity index (χ3v) is 2.70. The van der Waals surface area contributed by atoms with Crippen LogP contribution in [0.2, 0.25) is 0 Å². The zero-order valence-electron chi connectivity index (χ0n) is 11.8. The zero-order valence-corrected chi connectivity index (χ0v) is 11.8. The lowest BCUT2D eigenvalue weighted by atomic mass is 10.1. The first-order chi connectivity index (χ1) is 8.69. The van der Waals surface area contributed by atoms with Crippen molar-refractivity contribution >= 4 is 5.82 Å². The molecule has 0 fully saturated rings. The molecular formula is C14H24N2O2. The van der Waals surface area contributed by atoms with Gasteiger partial charge < -0.3 is 14.8 Å². The number of pyridine rings is 1. The van der Waals surface area contributed by atoms with E-state index < -0.39 is 0 Å². The maximum absolute atomic E-state index is 5.56. The summed E-state index contributed by atoms with van der Waals surface area (Å²) in [5.74, 6) is 2.05. The van der Waals surface area contributed by atoms with Crippen molar-refractivity contribution in [1.82, 2.24) is 4.98 Å². The normalized spacial score (nSPS) is 12.5. The Morgan fingerprint density at radius 3 is 2.67 bits per heavy atom. The van der Waals surface area contributed by atoms with E-state index in [0.717, 1.165) is 18.2 Å². The van der Waals surface area contributed by atoms with E-state index in [2.05, 4.69) is 24.1 Å². The summed E-state index contributed by atoms with van der Waals surface area (Å²) in [4.78, 5) is 4.34. The van der Waals surface area contributed by atoms with E-state index in [4.69, 9.17) is 9.47 Å². The van der Waals surface area contributed by atoms with Gasteiger partial charge in [0.25, 0.3) is 0 Å². The molecule has 1 aromatic rings. The third kappa shape index (κ3) is 4.53. The topological polar surface area (TPSA) is 43.4 Å². The van der Waals surface area contributed by atoms with Crippen LogP contribution in [0.5, 0.6) is 5.75 Å². The molecule has 1 heterocycles. The van der Waals surface area contributed by atoms with Gasteiger partial charge in [0.1, 0.15) is 0 Å². The second-order valence-electron chi connectivity index (χ2n) is 4.44. The summed E-state index contributed by atoms with van der Waals surface area (Å²) in [5, 5.41) is 3.41. The number of aromatic nitrogens is 1. The minimum atomic E-state index is 0.235. The summed E-state index contributed by atoms with van der Waals surface area (Å²) in [7, 11) is 0. The van der Waals surface area contributed by atoms with Gasteiger partial charge in [-0.3, -0.25) is 0 Å². The van der Waals surface area contributed by atoms with Crippen LogP contribution in [0.15, 0.2) is 18.3 Å². The van der Waals surface area contributed by atoms with Gasteiger partial charge in [-0.2, -0.15) is 0 Å².